The van der Waals surface area contributed by atoms with Crippen LogP contribution in [-0.2, 0) is 9.53 Å². The van der Waals surface area contributed by atoms with Crippen molar-refractivity contribution >= 4 is 5.97 Å². The van der Waals surface area contributed by atoms with Gasteiger partial charge in [-0.05, 0) is 49.5 Å². The zero-order chi connectivity index (χ0) is 14.1. The van der Waals surface area contributed by atoms with Gasteiger partial charge in [0.2, 0.25) is 0 Å². The van der Waals surface area contributed by atoms with Gasteiger partial charge in [0, 0.05) is 11.5 Å². The molecule has 0 amide bonds. The summed E-state index contributed by atoms with van der Waals surface area (Å²) >= 11 is 0. The quantitative estimate of drug-likeness (QED) is 0.612. The van der Waals surface area contributed by atoms with Crippen molar-refractivity contribution in [3.8, 4) is 0 Å². The molecule has 3 rings (SSSR count). The Labute approximate surface area is 120 Å². The first-order valence-electron chi connectivity index (χ1n) is 7.54. The number of carbonyl (C=O) groups is 1. The van der Waals surface area contributed by atoms with Gasteiger partial charge in [-0.3, -0.25) is 0 Å². The number of fused-ring (bicyclic) bond motifs is 2. The Kier molecular flexibility index (Phi) is 3.64. The number of ether oxygens (including phenoxy) is 1. The zero-order valence-electron chi connectivity index (χ0n) is 12.0. The second kappa shape index (κ2) is 5.43. The Morgan fingerprint density at radius 3 is 2.65 bits per heavy atom. The van der Waals surface area contributed by atoms with Crippen LogP contribution >= 0.6 is 0 Å². The lowest BCUT2D eigenvalue weighted by molar-refractivity contribution is -0.141. The van der Waals surface area contributed by atoms with Crippen LogP contribution in [0.3, 0.4) is 0 Å². The molecule has 2 fully saturated rings. The molecule has 2 bridgehead atoms. The lowest BCUT2D eigenvalue weighted by Gasteiger charge is -2.31. The molecule has 2 saturated carbocycles. The average Bonchev–Trinajstić information content (AvgIpc) is 3.06. The van der Waals surface area contributed by atoms with Gasteiger partial charge in [-0.25, -0.2) is 4.79 Å². The van der Waals surface area contributed by atoms with Crippen molar-refractivity contribution in [2.75, 3.05) is 6.61 Å². The van der Waals surface area contributed by atoms with Gasteiger partial charge in [0.15, 0.2) is 0 Å². The summed E-state index contributed by atoms with van der Waals surface area (Å²) in [5, 5.41) is 0. The van der Waals surface area contributed by atoms with Gasteiger partial charge >= 0.3 is 5.97 Å². The van der Waals surface area contributed by atoms with E-state index in [1.807, 2.05) is 0 Å². The Morgan fingerprint density at radius 1 is 1.25 bits per heavy atom. The van der Waals surface area contributed by atoms with Crippen molar-refractivity contribution in [1.29, 1.82) is 0 Å². The zero-order valence-corrected chi connectivity index (χ0v) is 12.0. The van der Waals surface area contributed by atoms with Gasteiger partial charge in [-0.15, -0.1) is 0 Å². The standard InChI is InChI=1S/C18H22O2/c1-12(2)18(19)20-11-16-14-8-9-15(10-14)17(16)13-6-4-3-5-7-13/h3-7,14-17H,1,8-11H2,2H3. The van der Waals surface area contributed by atoms with Crippen LogP contribution in [0, 0.1) is 17.8 Å². The first-order chi connectivity index (χ1) is 9.66. The minimum Gasteiger partial charge on any atom is -0.462 e. The molecule has 2 heteroatoms. The number of esters is 1. The third-order valence-corrected chi connectivity index (χ3v) is 5.03. The Bertz CT molecular complexity index is 505. The monoisotopic (exact) mass is 270 g/mol. The van der Waals surface area contributed by atoms with E-state index in [9.17, 15) is 4.79 Å². The summed E-state index contributed by atoms with van der Waals surface area (Å²) in [6, 6.07) is 10.7. The fourth-order valence-corrected chi connectivity index (χ4v) is 4.14. The molecule has 0 saturated heterocycles. The highest BCUT2D eigenvalue weighted by atomic mass is 16.5. The molecule has 0 N–H and O–H groups in total. The average molecular weight is 270 g/mol. The second-order valence-corrected chi connectivity index (χ2v) is 6.31. The molecule has 20 heavy (non-hydrogen) atoms. The highest BCUT2D eigenvalue weighted by molar-refractivity contribution is 5.86. The lowest BCUT2D eigenvalue weighted by atomic mass is 9.76. The Morgan fingerprint density at radius 2 is 1.95 bits per heavy atom. The van der Waals surface area contributed by atoms with Gasteiger partial charge in [0.25, 0.3) is 0 Å². The van der Waals surface area contributed by atoms with E-state index < -0.39 is 0 Å². The molecule has 0 aromatic heterocycles. The van der Waals surface area contributed by atoms with Crippen LogP contribution in [0.15, 0.2) is 42.5 Å². The third-order valence-electron chi connectivity index (χ3n) is 5.03. The van der Waals surface area contributed by atoms with Crippen LogP contribution in [0.4, 0.5) is 0 Å². The van der Waals surface area contributed by atoms with Gasteiger partial charge in [0.1, 0.15) is 0 Å². The topological polar surface area (TPSA) is 26.3 Å². The molecular weight excluding hydrogens is 248 g/mol. The number of hydrogen-bond donors (Lipinski definition) is 0. The van der Waals surface area contributed by atoms with Gasteiger partial charge in [-0.2, -0.15) is 0 Å². The first kappa shape index (κ1) is 13.4. The summed E-state index contributed by atoms with van der Waals surface area (Å²) in [6.07, 6.45) is 3.92. The van der Waals surface area contributed by atoms with Crippen LogP contribution in [0.5, 0.6) is 0 Å². The minimum absolute atomic E-state index is 0.250. The predicted molar refractivity (Wildman–Crippen MR) is 79.3 cm³/mol. The summed E-state index contributed by atoms with van der Waals surface area (Å²) < 4.78 is 5.45. The summed E-state index contributed by atoms with van der Waals surface area (Å²) in [7, 11) is 0. The number of rotatable bonds is 4. The normalized spacial score (nSPS) is 31.2. The summed E-state index contributed by atoms with van der Waals surface area (Å²) in [4.78, 5) is 11.6. The molecule has 0 aliphatic heterocycles. The van der Waals surface area contributed by atoms with Crippen LogP contribution < -0.4 is 0 Å². The van der Waals surface area contributed by atoms with Crippen molar-refractivity contribution in [1.82, 2.24) is 0 Å². The Hall–Kier alpha value is -1.57. The highest BCUT2D eigenvalue weighted by Crippen LogP contribution is 2.56. The maximum atomic E-state index is 11.6. The van der Waals surface area contributed by atoms with Crippen molar-refractivity contribution in [3.05, 3.63) is 48.0 Å². The molecule has 2 nitrogen and oxygen atoms in total. The van der Waals surface area contributed by atoms with Crippen molar-refractivity contribution in [2.45, 2.75) is 32.1 Å². The molecule has 0 radical (unpaired) electrons. The SMILES string of the molecule is C=C(C)C(=O)OCC1C2CCC(C2)C1c1ccccc1. The maximum absolute atomic E-state index is 11.6. The molecule has 2 aliphatic rings. The molecule has 4 atom stereocenters. The molecule has 2 aliphatic carbocycles. The molecule has 1 aromatic carbocycles. The van der Waals surface area contributed by atoms with E-state index in [2.05, 4.69) is 36.9 Å². The fourth-order valence-electron chi connectivity index (χ4n) is 4.14. The lowest BCUT2D eigenvalue weighted by Crippen LogP contribution is -2.26. The predicted octanol–water partition coefficient (Wildman–Crippen LogP) is 3.94. The van der Waals surface area contributed by atoms with Crippen molar-refractivity contribution in [3.63, 3.8) is 0 Å². The van der Waals surface area contributed by atoms with E-state index in [0.29, 0.717) is 24.0 Å². The molecular formula is C18H22O2. The van der Waals surface area contributed by atoms with Crippen molar-refractivity contribution in [2.24, 2.45) is 17.8 Å². The molecule has 0 spiro atoms. The van der Waals surface area contributed by atoms with E-state index in [0.717, 1.165) is 11.8 Å². The van der Waals surface area contributed by atoms with Gasteiger partial charge in [-0.1, -0.05) is 36.9 Å². The van der Waals surface area contributed by atoms with E-state index >= 15 is 0 Å². The van der Waals surface area contributed by atoms with E-state index in [1.165, 1.54) is 24.8 Å². The first-order valence-corrected chi connectivity index (χ1v) is 7.54. The Balaban J connectivity index is 1.74. The van der Waals surface area contributed by atoms with Gasteiger partial charge < -0.3 is 4.74 Å². The maximum Gasteiger partial charge on any atom is 0.333 e. The molecule has 106 valence electrons. The summed E-state index contributed by atoms with van der Waals surface area (Å²) in [5.74, 6) is 2.30. The minimum atomic E-state index is -0.250. The summed E-state index contributed by atoms with van der Waals surface area (Å²) in [6.45, 7) is 5.91. The number of carbonyl (C=O) groups excluding carboxylic acids is 1. The van der Waals surface area contributed by atoms with E-state index in [4.69, 9.17) is 4.74 Å². The third kappa shape index (κ3) is 2.39. The number of hydrogen-bond acceptors (Lipinski definition) is 2. The van der Waals surface area contributed by atoms with E-state index in [-0.39, 0.29) is 5.97 Å². The van der Waals surface area contributed by atoms with Gasteiger partial charge in [0.05, 0.1) is 6.61 Å². The number of benzene rings is 1. The summed E-state index contributed by atoms with van der Waals surface area (Å²) in [5.41, 5.74) is 1.90. The largest absolute Gasteiger partial charge is 0.462 e. The van der Waals surface area contributed by atoms with Crippen LogP contribution in [0.1, 0.15) is 37.7 Å². The fraction of sp³-hybridized carbons (Fsp3) is 0.500. The van der Waals surface area contributed by atoms with Crippen LogP contribution in [0.2, 0.25) is 0 Å². The smallest absolute Gasteiger partial charge is 0.333 e. The van der Waals surface area contributed by atoms with Crippen molar-refractivity contribution < 1.29 is 9.53 Å². The highest BCUT2D eigenvalue weighted by Gasteiger charge is 2.48. The van der Waals surface area contributed by atoms with Crippen LogP contribution in [-0.4, -0.2) is 12.6 Å². The molecule has 0 heterocycles. The molecule has 1 aromatic rings. The van der Waals surface area contributed by atoms with Crippen LogP contribution in [0.25, 0.3) is 0 Å². The molecule has 4 unspecified atom stereocenters. The second-order valence-electron chi connectivity index (χ2n) is 6.31. The van der Waals surface area contributed by atoms with E-state index in [1.54, 1.807) is 6.92 Å².